The smallest absolute Gasteiger partial charge is 0.250 e. The molecule has 0 aliphatic carbocycles. The number of nitrogens with two attached hydrogens (primary N) is 1. The Morgan fingerprint density at radius 1 is 1.19 bits per heavy atom. The van der Waals surface area contributed by atoms with Crippen molar-refractivity contribution < 1.29 is 14.0 Å². The maximum atomic E-state index is 12.5. The van der Waals surface area contributed by atoms with E-state index in [0.717, 1.165) is 16.5 Å². The SMILES string of the molecule is Cc1cc2occ(CC(=O)Nc3ccccc3C(N)=O)c2cc1C(C)C. The number of nitrogens with one attached hydrogen (secondary N) is 1. The second-order valence-corrected chi connectivity index (χ2v) is 6.76. The molecule has 5 heteroatoms. The molecule has 2 aromatic carbocycles. The lowest BCUT2D eigenvalue weighted by Crippen LogP contribution is -2.19. The van der Waals surface area contributed by atoms with E-state index in [0.29, 0.717) is 11.6 Å². The highest BCUT2D eigenvalue weighted by Gasteiger charge is 2.15. The summed E-state index contributed by atoms with van der Waals surface area (Å²) in [5, 5.41) is 3.70. The predicted octanol–water partition coefficient (Wildman–Crippen LogP) is 4.14. The number of hydrogen-bond acceptors (Lipinski definition) is 3. The number of benzene rings is 2. The Labute approximate surface area is 152 Å². The minimum Gasteiger partial charge on any atom is -0.464 e. The van der Waals surface area contributed by atoms with Gasteiger partial charge in [0.1, 0.15) is 5.58 Å². The standard InChI is InChI=1S/C21H22N2O3/c1-12(2)16-10-17-14(11-26-19(17)8-13(16)3)9-20(24)23-18-7-5-4-6-15(18)21(22)25/h4-8,10-12H,9H2,1-3H3,(H2,22,25)(H,23,24). The minimum absolute atomic E-state index is 0.153. The highest BCUT2D eigenvalue weighted by atomic mass is 16.3. The summed E-state index contributed by atoms with van der Waals surface area (Å²) in [4.78, 5) is 24.0. The van der Waals surface area contributed by atoms with Crippen LogP contribution in [0.5, 0.6) is 0 Å². The Bertz CT molecular complexity index is 986. The quantitative estimate of drug-likeness (QED) is 0.725. The first-order valence-corrected chi connectivity index (χ1v) is 8.56. The van der Waals surface area contributed by atoms with Crippen molar-refractivity contribution in [3.63, 3.8) is 0 Å². The van der Waals surface area contributed by atoms with Crippen LogP contribution < -0.4 is 11.1 Å². The first-order chi connectivity index (χ1) is 12.4. The minimum atomic E-state index is -0.577. The molecule has 3 N–H and O–H groups in total. The number of amides is 2. The van der Waals surface area contributed by atoms with Crippen molar-refractivity contribution >= 4 is 28.5 Å². The number of fused-ring (bicyclic) bond motifs is 1. The average Bonchev–Trinajstić information content (AvgIpc) is 2.95. The number of carbonyl (C=O) groups is 2. The van der Waals surface area contributed by atoms with Gasteiger partial charge in [-0.1, -0.05) is 26.0 Å². The Morgan fingerprint density at radius 3 is 2.62 bits per heavy atom. The van der Waals surface area contributed by atoms with E-state index >= 15 is 0 Å². The van der Waals surface area contributed by atoms with Gasteiger partial charge in [-0.2, -0.15) is 0 Å². The Balaban J connectivity index is 1.86. The Morgan fingerprint density at radius 2 is 1.92 bits per heavy atom. The van der Waals surface area contributed by atoms with Crippen LogP contribution in [0, 0.1) is 6.92 Å². The van der Waals surface area contributed by atoms with Gasteiger partial charge in [-0.25, -0.2) is 0 Å². The van der Waals surface area contributed by atoms with Gasteiger partial charge in [0.05, 0.1) is 23.9 Å². The molecule has 0 bridgehead atoms. The van der Waals surface area contributed by atoms with Crippen LogP contribution >= 0.6 is 0 Å². The summed E-state index contributed by atoms with van der Waals surface area (Å²) < 4.78 is 5.62. The summed E-state index contributed by atoms with van der Waals surface area (Å²) >= 11 is 0. The lowest BCUT2D eigenvalue weighted by Gasteiger charge is -2.10. The Kier molecular flexibility index (Phi) is 4.80. The van der Waals surface area contributed by atoms with Crippen molar-refractivity contribution in [2.75, 3.05) is 5.32 Å². The zero-order chi connectivity index (χ0) is 18.8. The number of rotatable bonds is 5. The molecule has 5 nitrogen and oxygen atoms in total. The largest absolute Gasteiger partial charge is 0.464 e. The number of anilines is 1. The molecule has 0 atom stereocenters. The molecule has 0 saturated carbocycles. The van der Waals surface area contributed by atoms with Crippen molar-refractivity contribution in [3.8, 4) is 0 Å². The molecule has 3 aromatic rings. The molecule has 0 aliphatic heterocycles. The summed E-state index contributed by atoms with van der Waals surface area (Å²) in [6.45, 7) is 6.34. The maximum absolute atomic E-state index is 12.5. The first-order valence-electron chi connectivity index (χ1n) is 8.56. The number of furan rings is 1. The van der Waals surface area contributed by atoms with Gasteiger partial charge in [0.15, 0.2) is 0 Å². The van der Waals surface area contributed by atoms with Crippen LogP contribution in [0.4, 0.5) is 5.69 Å². The summed E-state index contributed by atoms with van der Waals surface area (Å²) in [5.74, 6) is -0.418. The fraction of sp³-hybridized carbons (Fsp3) is 0.238. The summed E-state index contributed by atoms with van der Waals surface area (Å²) in [5.41, 5.74) is 10.1. The third-order valence-electron chi connectivity index (χ3n) is 4.48. The number of hydrogen-bond donors (Lipinski definition) is 2. The highest BCUT2D eigenvalue weighted by molar-refractivity contribution is 6.04. The van der Waals surface area contributed by atoms with Gasteiger partial charge in [0, 0.05) is 10.9 Å². The van der Waals surface area contributed by atoms with Crippen LogP contribution in [0.25, 0.3) is 11.0 Å². The molecule has 1 aromatic heterocycles. The molecule has 0 fully saturated rings. The van der Waals surface area contributed by atoms with Crippen molar-refractivity contribution in [1.82, 2.24) is 0 Å². The lowest BCUT2D eigenvalue weighted by molar-refractivity contribution is -0.115. The topological polar surface area (TPSA) is 85.3 Å². The van der Waals surface area contributed by atoms with Crippen LogP contribution in [0.3, 0.4) is 0 Å². The van der Waals surface area contributed by atoms with E-state index in [4.69, 9.17) is 10.2 Å². The predicted molar refractivity (Wildman–Crippen MR) is 102 cm³/mol. The number of para-hydroxylation sites is 1. The Hall–Kier alpha value is -3.08. The molecule has 0 spiro atoms. The van der Waals surface area contributed by atoms with Crippen LogP contribution in [0.2, 0.25) is 0 Å². The van der Waals surface area contributed by atoms with Crippen LogP contribution in [-0.2, 0) is 11.2 Å². The van der Waals surface area contributed by atoms with Crippen molar-refractivity contribution in [1.29, 1.82) is 0 Å². The van der Waals surface area contributed by atoms with Gasteiger partial charge in [0.25, 0.3) is 5.91 Å². The molecule has 0 radical (unpaired) electrons. The molecule has 0 saturated heterocycles. The summed E-state index contributed by atoms with van der Waals surface area (Å²) in [6, 6.07) is 10.8. The number of carbonyl (C=O) groups excluding carboxylic acids is 2. The number of primary amides is 1. The zero-order valence-electron chi connectivity index (χ0n) is 15.1. The molecule has 26 heavy (non-hydrogen) atoms. The van der Waals surface area contributed by atoms with Crippen LogP contribution in [0.1, 0.15) is 46.8 Å². The van der Waals surface area contributed by atoms with Gasteiger partial charge in [-0.05, 0) is 48.2 Å². The van der Waals surface area contributed by atoms with Crippen molar-refractivity contribution in [2.24, 2.45) is 5.73 Å². The molecule has 0 aliphatic rings. The maximum Gasteiger partial charge on any atom is 0.250 e. The van der Waals surface area contributed by atoms with Crippen molar-refractivity contribution in [3.05, 3.63) is 64.9 Å². The third kappa shape index (κ3) is 3.47. The highest BCUT2D eigenvalue weighted by Crippen LogP contribution is 2.29. The monoisotopic (exact) mass is 350 g/mol. The van der Waals surface area contributed by atoms with Gasteiger partial charge in [0.2, 0.25) is 5.91 Å². The molecule has 1 heterocycles. The van der Waals surface area contributed by atoms with E-state index in [9.17, 15) is 9.59 Å². The molecule has 3 rings (SSSR count). The van der Waals surface area contributed by atoms with Crippen molar-refractivity contribution in [2.45, 2.75) is 33.1 Å². The van der Waals surface area contributed by atoms with E-state index in [1.807, 2.05) is 6.07 Å². The van der Waals surface area contributed by atoms with E-state index in [2.05, 4.69) is 32.2 Å². The van der Waals surface area contributed by atoms with Gasteiger partial charge in [-0.3, -0.25) is 9.59 Å². The fourth-order valence-corrected chi connectivity index (χ4v) is 3.18. The lowest BCUT2D eigenvalue weighted by atomic mass is 9.95. The summed E-state index contributed by atoms with van der Waals surface area (Å²) in [6.07, 6.45) is 1.77. The first kappa shape index (κ1) is 17.7. The van der Waals surface area contributed by atoms with Crippen LogP contribution in [-0.4, -0.2) is 11.8 Å². The van der Waals surface area contributed by atoms with E-state index in [1.54, 1.807) is 30.5 Å². The summed E-state index contributed by atoms with van der Waals surface area (Å²) in [7, 11) is 0. The van der Waals surface area contributed by atoms with E-state index in [-0.39, 0.29) is 17.9 Å². The van der Waals surface area contributed by atoms with Gasteiger partial charge < -0.3 is 15.5 Å². The third-order valence-corrected chi connectivity index (χ3v) is 4.48. The van der Waals surface area contributed by atoms with E-state index in [1.165, 1.54) is 11.1 Å². The fourth-order valence-electron chi connectivity index (χ4n) is 3.18. The molecule has 0 unspecified atom stereocenters. The average molecular weight is 350 g/mol. The van der Waals surface area contributed by atoms with Crippen LogP contribution in [0.15, 0.2) is 47.1 Å². The van der Waals surface area contributed by atoms with E-state index < -0.39 is 5.91 Å². The molecular weight excluding hydrogens is 328 g/mol. The normalized spacial score (nSPS) is 11.1. The number of aryl methyl sites for hydroxylation is 1. The van der Waals surface area contributed by atoms with Gasteiger partial charge >= 0.3 is 0 Å². The molecular formula is C21H22N2O3. The second-order valence-electron chi connectivity index (χ2n) is 6.76. The van der Waals surface area contributed by atoms with Gasteiger partial charge in [-0.15, -0.1) is 0 Å². The zero-order valence-corrected chi connectivity index (χ0v) is 15.1. The molecule has 2 amide bonds. The molecule has 134 valence electrons. The second kappa shape index (κ2) is 7.04.